The predicted molar refractivity (Wildman–Crippen MR) is 70.6 cm³/mol. The van der Waals surface area contributed by atoms with E-state index in [0.29, 0.717) is 11.6 Å². The van der Waals surface area contributed by atoms with Crippen molar-refractivity contribution < 1.29 is 9.53 Å². The van der Waals surface area contributed by atoms with Crippen LogP contribution in [0.25, 0.3) is 0 Å². The maximum absolute atomic E-state index is 11.4. The van der Waals surface area contributed by atoms with E-state index in [9.17, 15) is 4.79 Å². The molecule has 4 nitrogen and oxygen atoms in total. The number of rotatable bonds is 2. The van der Waals surface area contributed by atoms with Crippen molar-refractivity contribution >= 4 is 5.97 Å². The zero-order chi connectivity index (χ0) is 13.0. The second-order valence-electron chi connectivity index (χ2n) is 4.71. The third-order valence-corrected chi connectivity index (χ3v) is 3.42. The van der Waals surface area contributed by atoms with Gasteiger partial charge in [-0.05, 0) is 37.7 Å². The molecule has 1 fully saturated rings. The van der Waals surface area contributed by atoms with E-state index in [-0.39, 0.29) is 5.97 Å². The highest BCUT2D eigenvalue weighted by atomic mass is 16.5. The molecule has 1 atom stereocenters. The normalized spacial score (nSPS) is 21.3. The molecular weight excluding hydrogens is 228 g/mol. The van der Waals surface area contributed by atoms with Crippen LogP contribution in [0, 0.1) is 0 Å². The first-order valence-electron chi connectivity index (χ1n) is 6.31. The van der Waals surface area contributed by atoms with Crippen molar-refractivity contribution in [1.82, 2.24) is 10.2 Å². The number of hydrogen-bond acceptors (Lipinski definition) is 4. The Bertz CT molecular complexity index is 403. The fourth-order valence-electron chi connectivity index (χ4n) is 2.25. The largest absolute Gasteiger partial charge is 0.465 e. The number of nitrogens with one attached hydrogen (secondary N) is 1. The number of likely N-dealkylation sites (N-methyl/N-ethyl adjacent to an activating group) is 1. The molecule has 1 aromatic rings. The van der Waals surface area contributed by atoms with E-state index in [0.717, 1.165) is 26.1 Å². The van der Waals surface area contributed by atoms with E-state index < -0.39 is 0 Å². The molecule has 0 spiro atoms. The summed E-state index contributed by atoms with van der Waals surface area (Å²) in [5.74, 6) is -0.282. The van der Waals surface area contributed by atoms with Gasteiger partial charge in [0.15, 0.2) is 0 Å². The van der Waals surface area contributed by atoms with E-state index in [1.807, 2.05) is 24.3 Å². The first-order chi connectivity index (χ1) is 8.70. The number of benzene rings is 1. The van der Waals surface area contributed by atoms with Crippen molar-refractivity contribution in [3.8, 4) is 0 Å². The Morgan fingerprint density at radius 3 is 2.72 bits per heavy atom. The quantitative estimate of drug-likeness (QED) is 0.804. The fourth-order valence-corrected chi connectivity index (χ4v) is 2.25. The van der Waals surface area contributed by atoms with Crippen molar-refractivity contribution in [3.05, 3.63) is 35.4 Å². The van der Waals surface area contributed by atoms with Gasteiger partial charge in [-0.25, -0.2) is 4.79 Å². The molecule has 1 aromatic carbocycles. The Kier molecular flexibility index (Phi) is 4.33. The maximum Gasteiger partial charge on any atom is 0.337 e. The van der Waals surface area contributed by atoms with Gasteiger partial charge in [-0.15, -0.1) is 0 Å². The van der Waals surface area contributed by atoms with Gasteiger partial charge < -0.3 is 15.0 Å². The van der Waals surface area contributed by atoms with Crippen molar-refractivity contribution in [2.24, 2.45) is 0 Å². The van der Waals surface area contributed by atoms with E-state index in [4.69, 9.17) is 4.74 Å². The average molecular weight is 248 g/mol. The molecule has 0 amide bonds. The first kappa shape index (κ1) is 13.1. The maximum atomic E-state index is 11.4. The van der Waals surface area contributed by atoms with Crippen molar-refractivity contribution in [1.29, 1.82) is 0 Å². The molecule has 1 N–H and O–H groups in total. The molecule has 0 aromatic heterocycles. The van der Waals surface area contributed by atoms with Crippen LogP contribution in [0.1, 0.15) is 28.4 Å². The second kappa shape index (κ2) is 5.98. The van der Waals surface area contributed by atoms with E-state index in [1.165, 1.54) is 12.7 Å². The monoisotopic (exact) mass is 248 g/mol. The summed E-state index contributed by atoms with van der Waals surface area (Å²) < 4.78 is 4.69. The molecule has 1 aliphatic rings. The van der Waals surface area contributed by atoms with Gasteiger partial charge in [0.2, 0.25) is 0 Å². The molecule has 4 heteroatoms. The van der Waals surface area contributed by atoms with Crippen molar-refractivity contribution in [2.45, 2.75) is 12.5 Å². The standard InChI is InChI=1S/C14H20N2O2/c1-16-9-7-13(15-8-10-16)11-3-5-12(6-4-11)14(17)18-2/h3-6,13,15H,7-10H2,1-2H3. The van der Waals surface area contributed by atoms with Gasteiger partial charge >= 0.3 is 5.97 Å². The molecule has 2 rings (SSSR count). The summed E-state index contributed by atoms with van der Waals surface area (Å²) >= 11 is 0. The zero-order valence-corrected chi connectivity index (χ0v) is 11.0. The minimum atomic E-state index is -0.282. The number of carbonyl (C=O) groups excluding carboxylic acids is 1. The molecular formula is C14H20N2O2. The van der Waals surface area contributed by atoms with Gasteiger partial charge in [-0.3, -0.25) is 0 Å². The van der Waals surface area contributed by atoms with Crippen LogP contribution in [-0.4, -0.2) is 44.7 Å². The summed E-state index contributed by atoms with van der Waals surface area (Å²) in [4.78, 5) is 13.7. The highest BCUT2D eigenvalue weighted by Crippen LogP contribution is 2.19. The van der Waals surface area contributed by atoms with Crippen LogP contribution in [-0.2, 0) is 4.74 Å². The number of carbonyl (C=O) groups is 1. The third kappa shape index (κ3) is 3.09. The van der Waals surface area contributed by atoms with Crippen LogP contribution in [0.2, 0.25) is 0 Å². The average Bonchev–Trinajstić information content (AvgIpc) is 2.63. The lowest BCUT2D eigenvalue weighted by Gasteiger charge is -2.16. The number of ether oxygens (including phenoxy) is 1. The van der Waals surface area contributed by atoms with E-state index >= 15 is 0 Å². The highest BCUT2D eigenvalue weighted by molar-refractivity contribution is 5.89. The predicted octanol–water partition coefficient (Wildman–Crippen LogP) is 1.44. The summed E-state index contributed by atoms with van der Waals surface area (Å²) in [6, 6.07) is 8.06. The summed E-state index contributed by atoms with van der Waals surface area (Å²) in [7, 11) is 3.54. The molecule has 98 valence electrons. The number of methoxy groups -OCH3 is 1. The zero-order valence-electron chi connectivity index (χ0n) is 11.0. The van der Waals surface area contributed by atoms with Crippen LogP contribution in [0.15, 0.2) is 24.3 Å². The van der Waals surface area contributed by atoms with Crippen molar-refractivity contribution in [3.63, 3.8) is 0 Å². The molecule has 0 aliphatic carbocycles. The first-order valence-corrected chi connectivity index (χ1v) is 6.31. The van der Waals surface area contributed by atoms with Gasteiger partial charge in [-0.1, -0.05) is 12.1 Å². The molecule has 0 radical (unpaired) electrons. The van der Waals surface area contributed by atoms with Crippen LogP contribution >= 0.6 is 0 Å². The summed E-state index contributed by atoms with van der Waals surface area (Å²) in [6.07, 6.45) is 1.09. The Hall–Kier alpha value is -1.39. The third-order valence-electron chi connectivity index (χ3n) is 3.42. The minimum absolute atomic E-state index is 0.282. The highest BCUT2D eigenvalue weighted by Gasteiger charge is 2.16. The topological polar surface area (TPSA) is 41.6 Å². The Morgan fingerprint density at radius 1 is 1.33 bits per heavy atom. The Balaban J connectivity index is 2.06. The minimum Gasteiger partial charge on any atom is -0.465 e. The number of esters is 1. The lowest BCUT2D eigenvalue weighted by atomic mass is 10.0. The molecule has 0 saturated carbocycles. The van der Waals surface area contributed by atoms with Gasteiger partial charge in [0.25, 0.3) is 0 Å². The SMILES string of the molecule is COC(=O)c1ccc(C2CCN(C)CCN2)cc1. The summed E-state index contributed by atoms with van der Waals surface area (Å²) in [6.45, 7) is 3.17. The lowest BCUT2D eigenvalue weighted by Crippen LogP contribution is -2.25. The molecule has 1 saturated heterocycles. The lowest BCUT2D eigenvalue weighted by molar-refractivity contribution is 0.0600. The summed E-state index contributed by atoms with van der Waals surface area (Å²) in [5, 5.41) is 3.53. The van der Waals surface area contributed by atoms with Crippen LogP contribution in [0.4, 0.5) is 0 Å². The van der Waals surface area contributed by atoms with Crippen molar-refractivity contribution in [2.75, 3.05) is 33.8 Å². The molecule has 1 unspecified atom stereocenters. The molecule has 18 heavy (non-hydrogen) atoms. The smallest absolute Gasteiger partial charge is 0.337 e. The summed E-state index contributed by atoms with van der Waals surface area (Å²) in [5.41, 5.74) is 1.84. The Labute approximate surface area is 108 Å². The van der Waals surface area contributed by atoms with Crippen LogP contribution in [0.3, 0.4) is 0 Å². The van der Waals surface area contributed by atoms with Gasteiger partial charge in [0, 0.05) is 19.1 Å². The number of hydrogen-bond donors (Lipinski definition) is 1. The number of nitrogens with zero attached hydrogens (tertiary/aromatic N) is 1. The van der Waals surface area contributed by atoms with E-state index in [2.05, 4.69) is 17.3 Å². The fraction of sp³-hybridized carbons (Fsp3) is 0.500. The van der Waals surface area contributed by atoms with Gasteiger partial charge in [0.05, 0.1) is 12.7 Å². The molecule has 1 aliphatic heterocycles. The Morgan fingerprint density at radius 2 is 2.06 bits per heavy atom. The molecule has 1 heterocycles. The van der Waals surface area contributed by atoms with Crippen LogP contribution in [0.5, 0.6) is 0 Å². The van der Waals surface area contributed by atoms with Gasteiger partial charge in [-0.2, -0.15) is 0 Å². The van der Waals surface area contributed by atoms with E-state index in [1.54, 1.807) is 0 Å². The second-order valence-corrected chi connectivity index (χ2v) is 4.71. The molecule has 0 bridgehead atoms. The van der Waals surface area contributed by atoms with Crippen LogP contribution < -0.4 is 5.32 Å². The van der Waals surface area contributed by atoms with Gasteiger partial charge in [0.1, 0.15) is 0 Å².